The molecule has 0 aliphatic carbocycles. The van der Waals surface area contributed by atoms with Gasteiger partial charge in [-0.3, -0.25) is 4.98 Å². The molecule has 0 radical (unpaired) electrons. The van der Waals surface area contributed by atoms with Crippen LogP contribution in [0, 0.1) is 12.1 Å². The van der Waals surface area contributed by atoms with E-state index in [9.17, 15) is 0 Å². The Bertz CT molecular complexity index is 1400. The Balaban J connectivity index is 0.000000143. The van der Waals surface area contributed by atoms with Gasteiger partial charge in [-0.05, 0) is 18.0 Å². The van der Waals surface area contributed by atoms with Crippen LogP contribution >= 0.6 is 0 Å². The van der Waals surface area contributed by atoms with E-state index >= 15 is 0 Å². The second kappa shape index (κ2) is 9.02. The predicted octanol–water partition coefficient (Wildman–Crippen LogP) is 5.99. The second-order valence-electron chi connectivity index (χ2n) is 6.63. The summed E-state index contributed by atoms with van der Waals surface area (Å²) in [7, 11) is 0. The maximum Gasteiger partial charge on any atom is 2.00 e. The van der Waals surface area contributed by atoms with Crippen molar-refractivity contribution in [1.82, 2.24) is 14.4 Å². The first-order chi connectivity index (χ1) is 14.4. The number of fused-ring (bicyclic) bond motifs is 4. The van der Waals surface area contributed by atoms with Gasteiger partial charge < -0.3 is 9.38 Å². The van der Waals surface area contributed by atoms with Crippen LogP contribution in [-0.2, 0) is 21.1 Å². The van der Waals surface area contributed by atoms with E-state index in [-0.39, 0.29) is 21.1 Å². The zero-order chi connectivity index (χ0) is 19.5. The molecule has 6 rings (SSSR count). The SMILES string of the molecule is [Pt+2].[c-]1ccc2ccccc2c1-c1ccccn1.[c-]1cccc2ccn3ccnc3c12. The summed E-state index contributed by atoms with van der Waals surface area (Å²) in [5.74, 6) is 0. The average Bonchev–Trinajstić information content (AvgIpc) is 3.29. The summed E-state index contributed by atoms with van der Waals surface area (Å²) < 4.78 is 2.00. The van der Waals surface area contributed by atoms with Gasteiger partial charge in [0, 0.05) is 18.6 Å². The van der Waals surface area contributed by atoms with Gasteiger partial charge in [-0.15, -0.1) is 64.2 Å². The van der Waals surface area contributed by atoms with Crippen LogP contribution in [0.3, 0.4) is 0 Å². The monoisotopic (exact) mass is 566 g/mol. The van der Waals surface area contributed by atoms with E-state index in [1.165, 1.54) is 16.2 Å². The van der Waals surface area contributed by atoms with Crippen LogP contribution in [0.15, 0.2) is 104 Å². The maximum atomic E-state index is 4.37. The standard InChI is InChI=1S/C15H10N.C11H7N2.Pt/c1-2-8-13-12(6-1)7-5-9-14(13)15-10-3-4-11-16-15;1-2-4-10-9(3-1)5-7-13-8-6-12-11(10)13;/h1-8,10-11H;1-3,5-8H;/q2*-1;+2. The molecule has 3 nitrogen and oxygen atoms in total. The van der Waals surface area contributed by atoms with E-state index in [1.54, 1.807) is 6.20 Å². The van der Waals surface area contributed by atoms with Crippen LogP contribution in [0.2, 0.25) is 0 Å². The molecule has 3 heterocycles. The number of hydrogen-bond acceptors (Lipinski definition) is 2. The van der Waals surface area contributed by atoms with Crippen LogP contribution in [0.1, 0.15) is 0 Å². The first kappa shape index (κ1) is 20.0. The van der Waals surface area contributed by atoms with Crippen LogP contribution in [0.5, 0.6) is 0 Å². The van der Waals surface area contributed by atoms with E-state index in [1.807, 2.05) is 71.5 Å². The molecule has 0 aliphatic rings. The van der Waals surface area contributed by atoms with Crippen molar-refractivity contribution in [2.24, 2.45) is 0 Å². The zero-order valence-corrected chi connectivity index (χ0v) is 18.2. The minimum Gasteiger partial charge on any atom is -0.347 e. The number of rotatable bonds is 1. The molecule has 0 saturated heterocycles. The van der Waals surface area contributed by atoms with Crippen molar-refractivity contribution in [1.29, 1.82) is 0 Å². The largest absolute Gasteiger partial charge is 2.00 e. The number of nitrogens with zero attached hydrogens (tertiary/aromatic N) is 3. The fourth-order valence-electron chi connectivity index (χ4n) is 3.46. The molecule has 0 saturated carbocycles. The summed E-state index contributed by atoms with van der Waals surface area (Å²) in [6.45, 7) is 0. The molecule has 0 fully saturated rings. The molecule has 146 valence electrons. The summed E-state index contributed by atoms with van der Waals surface area (Å²) in [6.07, 6.45) is 7.56. The van der Waals surface area contributed by atoms with Crippen molar-refractivity contribution in [3.63, 3.8) is 0 Å². The van der Waals surface area contributed by atoms with Crippen molar-refractivity contribution in [3.05, 3.63) is 116 Å². The Morgan fingerprint density at radius 1 is 0.667 bits per heavy atom. The molecule has 3 aromatic heterocycles. The summed E-state index contributed by atoms with van der Waals surface area (Å²) in [5.41, 5.74) is 3.01. The van der Waals surface area contributed by atoms with Crippen molar-refractivity contribution >= 4 is 27.2 Å². The van der Waals surface area contributed by atoms with Gasteiger partial charge in [0.15, 0.2) is 0 Å². The molecule has 0 aliphatic heterocycles. The Hall–Kier alpha value is -3.29. The molecular weight excluding hydrogens is 549 g/mol. The van der Waals surface area contributed by atoms with E-state index in [4.69, 9.17) is 0 Å². The van der Waals surface area contributed by atoms with Crippen molar-refractivity contribution in [2.75, 3.05) is 0 Å². The van der Waals surface area contributed by atoms with Gasteiger partial charge in [-0.25, -0.2) is 0 Å². The molecule has 3 aromatic carbocycles. The summed E-state index contributed by atoms with van der Waals surface area (Å²) in [4.78, 5) is 8.65. The van der Waals surface area contributed by atoms with Crippen LogP contribution in [0.4, 0.5) is 0 Å². The average molecular weight is 567 g/mol. The van der Waals surface area contributed by atoms with Gasteiger partial charge in [0.1, 0.15) is 0 Å². The van der Waals surface area contributed by atoms with Gasteiger partial charge in [-0.1, -0.05) is 47.9 Å². The van der Waals surface area contributed by atoms with Crippen molar-refractivity contribution < 1.29 is 21.1 Å². The molecule has 6 aromatic rings. The molecule has 30 heavy (non-hydrogen) atoms. The fourth-order valence-corrected chi connectivity index (χ4v) is 3.46. The number of hydrogen-bond donors (Lipinski definition) is 0. The van der Waals surface area contributed by atoms with Gasteiger partial charge in [0.05, 0.1) is 5.65 Å². The molecule has 0 unspecified atom stereocenters. The third-order valence-electron chi connectivity index (χ3n) is 4.84. The fraction of sp³-hybridized carbons (Fsp3) is 0. The Labute approximate surface area is 189 Å². The second-order valence-corrected chi connectivity index (χ2v) is 6.63. The third kappa shape index (κ3) is 3.90. The summed E-state index contributed by atoms with van der Waals surface area (Å²) in [6, 6.07) is 32.8. The first-order valence-electron chi connectivity index (χ1n) is 9.43. The molecule has 0 N–H and O–H groups in total. The predicted molar refractivity (Wildman–Crippen MR) is 118 cm³/mol. The Kier molecular flexibility index (Phi) is 6.01. The molecule has 0 spiro atoms. The third-order valence-corrected chi connectivity index (χ3v) is 4.84. The van der Waals surface area contributed by atoms with Gasteiger partial charge >= 0.3 is 21.1 Å². The Morgan fingerprint density at radius 2 is 1.53 bits per heavy atom. The molecule has 0 amide bonds. The minimum absolute atomic E-state index is 0. The van der Waals surface area contributed by atoms with Crippen molar-refractivity contribution in [2.45, 2.75) is 0 Å². The first-order valence-corrected chi connectivity index (χ1v) is 9.43. The van der Waals surface area contributed by atoms with E-state index in [0.29, 0.717) is 0 Å². The number of pyridine rings is 2. The molecule has 0 atom stereocenters. The number of benzene rings is 3. The zero-order valence-electron chi connectivity index (χ0n) is 16.0. The topological polar surface area (TPSA) is 30.2 Å². The van der Waals surface area contributed by atoms with Crippen LogP contribution < -0.4 is 0 Å². The Morgan fingerprint density at radius 3 is 2.43 bits per heavy atom. The minimum atomic E-state index is 0. The molecular formula is C26H17N3Pt. The van der Waals surface area contributed by atoms with Crippen molar-refractivity contribution in [3.8, 4) is 11.3 Å². The summed E-state index contributed by atoms with van der Waals surface area (Å²) >= 11 is 0. The maximum absolute atomic E-state index is 4.37. The van der Waals surface area contributed by atoms with E-state index in [0.717, 1.165) is 22.3 Å². The van der Waals surface area contributed by atoms with Gasteiger partial charge in [0.25, 0.3) is 0 Å². The van der Waals surface area contributed by atoms with Crippen LogP contribution in [0.25, 0.3) is 38.4 Å². The summed E-state index contributed by atoms with van der Waals surface area (Å²) in [5, 5.41) is 4.68. The molecule has 4 heteroatoms. The normalized spacial score (nSPS) is 10.4. The van der Waals surface area contributed by atoms with Gasteiger partial charge in [-0.2, -0.15) is 0 Å². The number of aromatic nitrogens is 3. The van der Waals surface area contributed by atoms with E-state index < -0.39 is 0 Å². The molecule has 0 bridgehead atoms. The van der Waals surface area contributed by atoms with E-state index in [2.05, 4.69) is 52.4 Å². The smallest absolute Gasteiger partial charge is 0.347 e. The quantitative estimate of drug-likeness (QED) is 0.229. The van der Waals surface area contributed by atoms with Crippen LogP contribution in [-0.4, -0.2) is 14.4 Å². The number of imidazole rings is 1. The van der Waals surface area contributed by atoms with Gasteiger partial charge in [0.2, 0.25) is 0 Å².